The van der Waals surface area contributed by atoms with Crippen LogP contribution in [0.4, 0.5) is 24.5 Å². The lowest BCUT2D eigenvalue weighted by Crippen LogP contribution is -2.59. The number of phenols is 1. The number of aromatic hydroxyl groups is 1. The normalized spacial score (nSPS) is 13.5. The molecular weight excluding hydrogens is 1270 g/mol. The second kappa shape index (κ2) is 41.1. The van der Waals surface area contributed by atoms with E-state index in [0.29, 0.717) is 12.8 Å². The van der Waals surface area contributed by atoms with E-state index >= 15 is 0 Å². The van der Waals surface area contributed by atoms with Crippen molar-refractivity contribution in [1.29, 1.82) is 0 Å². The number of nitrogens with zero attached hydrogens (tertiary/aromatic N) is 3. The van der Waals surface area contributed by atoms with Gasteiger partial charge in [-0.1, -0.05) is 45.9 Å². The number of carboxylic acids is 3. The molecule has 9 amide bonds. The Labute approximate surface area is 542 Å². The van der Waals surface area contributed by atoms with Gasteiger partial charge < -0.3 is 103 Å². The van der Waals surface area contributed by atoms with Crippen LogP contribution in [0.1, 0.15) is 108 Å². The number of hydrogen-bond donors (Lipinski definition) is 19. The summed E-state index contributed by atoms with van der Waals surface area (Å²) < 4.78 is 31.7. The minimum Gasteiger partial charge on any atom is -0.502 e. The summed E-state index contributed by atoms with van der Waals surface area (Å²) in [7, 11) is 0. The molecule has 0 heterocycles. The van der Waals surface area contributed by atoms with Crippen molar-refractivity contribution in [1.82, 2.24) is 47.9 Å². The van der Waals surface area contributed by atoms with Gasteiger partial charge in [0, 0.05) is 31.3 Å². The number of unbranched alkanes of at least 4 members (excludes halogenated alkanes) is 1. The predicted molar refractivity (Wildman–Crippen MR) is 333 cm³/mol. The van der Waals surface area contributed by atoms with Gasteiger partial charge in [0.2, 0.25) is 47.3 Å². The summed E-state index contributed by atoms with van der Waals surface area (Å²) in [5.41, 5.74) is 33.2. The standard InChI is InChI=1S/C54H84N18O16.C2HF3O2/c1-27(2)22-36(49(82)64-29(5)44(77)69-37(50(83)70-38(52(85)86)25-42(75)76)23-30-17-18-40(73)39(24-30)72(87)88)65-41(74)26-63-46(79)33(15-10-20-61-53(57)58)67-47(80)34(14-8-9-19-55)68-51(84)43(28(3)4)71-48(81)35(16-11-21-62-54(59)60)66-45(78)31-12-6-7-13-32(31)56;3-2(4,5)1(6)7/h6-7,12-13,17-18,24,27-29,33-38,43,73H,8-11,14-16,19-23,25-26,55-56H2,1-5H3,(H,63,79)(H,64,82)(H,65,74)(H,66,78)(H,67,80)(H,68,84)(H,69,77)(H,70,83)(H,71,81)(H,75,76)(H,85,86)(H4,57,58,61)(H4,59,60,62);(H,6,7). The van der Waals surface area contributed by atoms with Gasteiger partial charge in [-0.15, -0.1) is 0 Å². The van der Waals surface area contributed by atoms with E-state index in [1.54, 1.807) is 39.8 Å². The smallest absolute Gasteiger partial charge is 0.490 e. The van der Waals surface area contributed by atoms with Crippen LogP contribution >= 0.6 is 0 Å². The van der Waals surface area contributed by atoms with Crippen LogP contribution in [0.5, 0.6) is 5.75 Å². The highest BCUT2D eigenvalue weighted by Gasteiger charge is 2.39. The summed E-state index contributed by atoms with van der Waals surface area (Å²) in [5, 5.41) is 69.6. The molecule has 8 unspecified atom stereocenters. The molecule has 528 valence electrons. The van der Waals surface area contributed by atoms with Crippen molar-refractivity contribution < 1.29 is 96.1 Å². The van der Waals surface area contributed by atoms with Crippen LogP contribution in [0, 0.1) is 22.0 Å². The van der Waals surface area contributed by atoms with Crippen molar-refractivity contribution in [2.45, 2.75) is 153 Å². The highest BCUT2D eigenvalue weighted by Crippen LogP contribution is 2.27. The number of carbonyl (C=O) groups excluding carboxylic acids is 9. The third kappa shape index (κ3) is 32.0. The van der Waals surface area contributed by atoms with E-state index in [-0.39, 0.29) is 92.8 Å². The largest absolute Gasteiger partial charge is 0.502 e. The minimum absolute atomic E-state index is 0.000842. The van der Waals surface area contributed by atoms with E-state index in [2.05, 4.69) is 52.5 Å². The first-order valence-electron chi connectivity index (χ1n) is 29.4. The summed E-state index contributed by atoms with van der Waals surface area (Å²) in [4.78, 5) is 174. The summed E-state index contributed by atoms with van der Waals surface area (Å²) >= 11 is 0. The average Bonchev–Trinajstić information content (AvgIpc) is 0.886. The van der Waals surface area contributed by atoms with Gasteiger partial charge >= 0.3 is 29.8 Å². The van der Waals surface area contributed by atoms with Gasteiger partial charge in [0.25, 0.3) is 5.91 Å². The Morgan fingerprint density at radius 3 is 1.61 bits per heavy atom. The number of alkyl halides is 3. The number of hydrogen-bond acceptors (Lipinski definition) is 19. The lowest BCUT2D eigenvalue weighted by atomic mass is 10.00. The molecule has 2 aromatic carbocycles. The first-order chi connectivity index (χ1) is 44.3. The van der Waals surface area contributed by atoms with E-state index < -0.39 is 167 Å². The van der Waals surface area contributed by atoms with Crippen LogP contribution in [0.3, 0.4) is 0 Å². The minimum atomic E-state index is -5.08. The van der Waals surface area contributed by atoms with Gasteiger partial charge in [-0.2, -0.15) is 13.2 Å². The number of aliphatic carboxylic acids is 3. The Balaban J connectivity index is 0.00000607. The van der Waals surface area contributed by atoms with Crippen molar-refractivity contribution in [2.24, 2.45) is 50.5 Å². The maximum Gasteiger partial charge on any atom is 0.490 e. The summed E-state index contributed by atoms with van der Waals surface area (Å²) in [6.45, 7) is 7.43. The lowest BCUT2D eigenvalue weighted by molar-refractivity contribution is -0.385. The molecule has 2 rings (SSSR count). The Morgan fingerprint density at radius 2 is 1.11 bits per heavy atom. The molecule has 0 aliphatic rings. The molecule has 0 aromatic heterocycles. The fraction of sp³-hybridized carbons (Fsp3) is 0.536. The molecule has 0 aliphatic heterocycles. The molecule has 0 saturated heterocycles. The number of guanidine groups is 2. The van der Waals surface area contributed by atoms with Gasteiger partial charge in [0.1, 0.15) is 48.3 Å². The molecular formula is C56H85F3N18O18. The number of nitrogens with one attached hydrogen (secondary N) is 9. The van der Waals surface area contributed by atoms with Gasteiger partial charge in [-0.25, -0.2) is 9.59 Å². The van der Waals surface area contributed by atoms with Crippen molar-refractivity contribution >= 4 is 94.4 Å². The highest BCUT2D eigenvalue weighted by atomic mass is 19.4. The van der Waals surface area contributed by atoms with Crippen molar-refractivity contribution in [3.63, 3.8) is 0 Å². The SMILES string of the molecule is CC(C)CC(NC(=O)CNC(=O)C(CCCN=C(N)N)NC(=O)C(CCCCN)NC(=O)C(NC(=O)C(CCCN=C(N)N)NC(=O)c1ccccc1N)C(C)C)C(=O)NC(C)C(=O)NC(Cc1ccc(O)c([N+](=O)[O-])c1)C(=O)NC(CC(=O)O)C(=O)O.O=C(O)C(F)(F)F. The Bertz CT molecular complexity index is 3070. The summed E-state index contributed by atoms with van der Waals surface area (Å²) in [6, 6.07) is -2.66. The number of halogens is 3. The molecule has 2 aromatic rings. The molecule has 25 N–H and O–H groups in total. The third-order valence-electron chi connectivity index (χ3n) is 13.3. The number of nitro groups is 1. The topological polar surface area (TPSA) is 618 Å². The number of anilines is 1. The van der Waals surface area contributed by atoms with Crippen LogP contribution in [0.25, 0.3) is 0 Å². The maximum absolute atomic E-state index is 14.2. The van der Waals surface area contributed by atoms with Crippen LogP contribution in [-0.2, 0) is 59.2 Å². The maximum atomic E-state index is 14.2. The molecule has 8 atom stereocenters. The lowest BCUT2D eigenvalue weighted by Gasteiger charge is -2.28. The van der Waals surface area contributed by atoms with Crippen LogP contribution in [-0.4, -0.2) is 189 Å². The number of rotatable bonds is 39. The predicted octanol–water partition coefficient (Wildman–Crippen LogP) is -3.12. The molecule has 0 aliphatic carbocycles. The van der Waals surface area contributed by atoms with Gasteiger partial charge in [-0.05, 0) is 100 Å². The molecule has 0 saturated carbocycles. The zero-order chi connectivity index (χ0) is 72.4. The number of aliphatic imine (C=N–C) groups is 2. The molecule has 95 heavy (non-hydrogen) atoms. The molecule has 0 bridgehead atoms. The fourth-order valence-corrected chi connectivity index (χ4v) is 8.42. The second-order valence-electron chi connectivity index (χ2n) is 22.0. The van der Waals surface area contributed by atoms with E-state index in [1.807, 2.05) is 5.32 Å². The molecule has 39 heteroatoms. The van der Waals surface area contributed by atoms with Crippen molar-refractivity contribution in [2.75, 3.05) is 31.9 Å². The summed E-state index contributed by atoms with van der Waals surface area (Å²) in [6.07, 6.45) is -5.77. The average molecular weight is 1360 g/mol. The van der Waals surface area contributed by atoms with Gasteiger partial charge in [0.15, 0.2) is 17.7 Å². The number of para-hydroxylation sites is 1. The second-order valence-corrected chi connectivity index (χ2v) is 22.0. The quantitative estimate of drug-likeness (QED) is 0.00786. The van der Waals surface area contributed by atoms with E-state index in [9.17, 15) is 91.3 Å². The molecule has 0 fully saturated rings. The first kappa shape index (κ1) is 82.4. The Kier molecular flexibility index (Phi) is 35.6. The Morgan fingerprint density at radius 1 is 0.611 bits per heavy atom. The zero-order valence-corrected chi connectivity index (χ0v) is 52.7. The number of carbonyl (C=O) groups is 12. The highest BCUT2D eigenvalue weighted by molar-refractivity contribution is 6.02. The number of nitro benzene ring substituents is 1. The number of nitrogens with two attached hydrogens (primary N) is 6. The summed E-state index contributed by atoms with van der Waals surface area (Å²) in [5.74, 6) is -16.3. The number of nitrogen functional groups attached to an aromatic ring is 1. The van der Waals surface area contributed by atoms with E-state index in [4.69, 9.17) is 44.3 Å². The number of carboxylic acid groups (broad SMARTS) is 3. The third-order valence-corrected chi connectivity index (χ3v) is 13.3. The zero-order valence-electron chi connectivity index (χ0n) is 52.7. The monoisotopic (exact) mass is 1350 g/mol. The molecule has 36 nitrogen and oxygen atoms in total. The van der Waals surface area contributed by atoms with E-state index in [0.717, 1.165) is 12.1 Å². The molecule has 0 spiro atoms. The Hall–Kier alpha value is -10.6. The number of phenolic OH excluding ortho intramolecular Hbond substituents is 1. The van der Waals surface area contributed by atoms with E-state index in [1.165, 1.54) is 25.1 Å². The van der Waals surface area contributed by atoms with Crippen molar-refractivity contribution in [3.05, 3.63) is 63.7 Å². The van der Waals surface area contributed by atoms with Gasteiger partial charge in [-0.3, -0.25) is 68.0 Å². The van der Waals surface area contributed by atoms with Crippen molar-refractivity contribution in [3.8, 4) is 5.75 Å². The fourth-order valence-electron chi connectivity index (χ4n) is 8.42. The first-order valence-corrected chi connectivity index (χ1v) is 29.4. The van der Waals surface area contributed by atoms with Crippen LogP contribution < -0.4 is 82.3 Å². The molecule has 0 radical (unpaired) electrons. The number of benzene rings is 2. The van der Waals surface area contributed by atoms with Gasteiger partial charge in [0.05, 0.1) is 23.5 Å². The van der Waals surface area contributed by atoms with Crippen LogP contribution in [0.15, 0.2) is 52.4 Å². The van der Waals surface area contributed by atoms with Crippen LogP contribution in [0.2, 0.25) is 0 Å². The number of amides is 9.